The van der Waals surface area contributed by atoms with Crippen LogP contribution >= 0.6 is 11.6 Å². The fourth-order valence-corrected chi connectivity index (χ4v) is 2.49. The number of halogens is 1. The fourth-order valence-electron chi connectivity index (χ4n) is 2.31. The van der Waals surface area contributed by atoms with Gasteiger partial charge in [0.15, 0.2) is 0 Å². The molecule has 0 saturated carbocycles. The second kappa shape index (κ2) is 6.58. The van der Waals surface area contributed by atoms with E-state index in [0.29, 0.717) is 27.8 Å². The van der Waals surface area contributed by atoms with Gasteiger partial charge in [0.05, 0.1) is 16.3 Å². The fraction of sp³-hybridized carbons (Fsp3) is 0.0556. The monoisotopic (exact) mass is 325 g/mol. The maximum atomic E-state index is 12.5. The molecule has 0 aliphatic carbocycles. The molecule has 1 heterocycles. The van der Waals surface area contributed by atoms with Crippen molar-refractivity contribution in [2.45, 2.75) is 6.54 Å². The van der Waals surface area contributed by atoms with Gasteiger partial charge in [0.25, 0.3) is 5.56 Å². The van der Waals surface area contributed by atoms with Crippen LogP contribution in [-0.2, 0) is 6.54 Å². The van der Waals surface area contributed by atoms with Gasteiger partial charge in [-0.2, -0.15) is 0 Å². The third-order valence-electron chi connectivity index (χ3n) is 3.47. The number of H-pyrrole nitrogens is 1. The van der Waals surface area contributed by atoms with E-state index in [1.807, 2.05) is 36.4 Å². The highest BCUT2D eigenvalue weighted by atomic mass is 35.5. The molecule has 1 aromatic heterocycles. The molecule has 3 rings (SSSR count). The molecule has 0 spiro atoms. The topological polar surface area (TPSA) is 49.8 Å². The Morgan fingerprint density at radius 3 is 2.70 bits per heavy atom. The van der Waals surface area contributed by atoms with Gasteiger partial charge in [0.2, 0.25) is 0 Å². The molecule has 5 heteroatoms. The van der Waals surface area contributed by atoms with Crippen LogP contribution in [0.25, 0.3) is 18.5 Å². The van der Waals surface area contributed by atoms with Crippen LogP contribution in [0.5, 0.6) is 0 Å². The summed E-state index contributed by atoms with van der Waals surface area (Å²) in [6, 6.07) is 17.1. The van der Waals surface area contributed by atoms with Gasteiger partial charge in [0, 0.05) is 17.8 Å². The van der Waals surface area contributed by atoms with Crippen LogP contribution in [0, 0.1) is 0 Å². The lowest BCUT2D eigenvalue weighted by Crippen LogP contribution is -2.36. The minimum atomic E-state index is -0.169. The minimum Gasteiger partial charge on any atom is -0.386 e. The number of benzene rings is 2. The molecule has 0 saturated heterocycles. The first-order valence-electron chi connectivity index (χ1n) is 7.18. The highest BCUT2D eigenvalue weighted by Crippen LogP contribution is 2.11. The van der Waals surface area contributed by atoms with E-state index in [9.17, 15) is 4.79 Å². The second-order valence-corrected chi connectivity index (χ2v) is 5.57. The molecule has 2 N–H and O–H groups in total. The van der Waals surface area contributed by atoms with Gasteiger partial charge in [0.1, 0.15) is 0 Å². The van der Waals surface area contributed by atoms with E-state index in [1.165, 1.54) is 4.68 Å². The number of nitrogens with zero attached hydrogens (tertiary/aromatic N) is 1. The number of hydrogen-bond donors (Lipinski definition) is 2. The van der Waals surface area contributed by atoms with Crippen molar-refractivity contribution in [2.75, 3.05) is 0 Å². The molecule has 116 valence electrons. The highest BCUT2D eigenvalue weighted by molar-refractivity contribution is 6.30. The van der Waals surface area contributed by atoms with Gasteiger partial charge < -0.3 is 5.32 Å². The first kappa shape index (κ1) is 15.2. The van der Waals surface area contributed by atoms with Gasteiger partial charge in [-0.3, -0.25) is 9.89 Å². The summed E-state index contributed by atoms with van der Waals surface area (Å²) in [4.78, 5) is 12.5. The Morgan fingerprint density at radius 1 is 1.17 bits per heavy atom. The van der Waals surface area contributed by atoms with E-state index in [4.69, 9.17) is 11.6 Å². The molecule has 0 bridgehead atoms. The SMILES string of the molecule is C=c1[nH]n(-c2cccc(Cl)c2)c(=O)c1=CNCc1ccccc1. The second-order valence-electron chi connectivity index (χ2n) is 5.14. The van der Waals surface area contributed by atoms with Gasteiger partial charge in [-0.15, -0.1) is 0 Å². The first-order chi connectivity index (χ1) is 11.1. The van der Waals surface area contributed by atoms with Crippen LogP contribution in [0.4, 0.5) is 0 Å². The van der Waals surface area contributed by atoms with E-state index in [0.717, 1.165) is 5.56 Å². The summed E-state index contributed by atoms with van der Waals surface area (Å²) < 4.78 is 1.43. The molecule has 0 radical (unpaired) electrons. The molecule has 0 atom stereocenters. The maximum absolute atomic E-state index is 12.5. The zero-order chi connectivity index (χ0) is 16.2. The lowest BCUT2D eigenvalue weighted by Gasteiger charge is -2.01. The highest BCUT2D eigenvalue weighted by Gasteiger charge is 2.04. The summed E-state index contributed by atoms with van der Waals surface area (Å²) in [5, 5.41) is 7.74. The number of nitrogens with one attached hydrogen (secondary N) is 2. The van der Waals surface area contributed by atoms with Crippen molar-refractivity contribution < 1.29 is 0 Å². The van der Waals surface area contributed by atoms with E-state index in [-0.39, 0.29) is 5.56 Å². The Hall–Kier alpha value is -2.72. The van der Waals surface area contributed by atoms with Crippen molar-refractivity contribution in [3.05, 3.63) is 86.1 Å². The van der Waals surface area contributed by atoms with Crippen LogP contribution < -0.4 is 21.4 Å². The lowest BCUT2D eigenvalue weighted by molar-refractivity contribution is 0.838. The van der Waals surface area contributed by atoms with Crippen molar-refractivity contribution in [3.8, 4) is 5.69 Å². The molecule has 3 aromatic rings. The summed E-state index contributed by atoms with van der Waals surface area (Å²) in [6.07, 6.45) is 1.69. The molecule has 4 nitrogen and oxygen atoms in total. The normalized spacial score (nSPS) is 11.6. The number of aromatic amines is 1. The van der Waals surface area contributed by atoms with Gasteiger partial charge in [-0.05, 0) is 23.8 Å². The van der Waals surface area contributed by atoms with Crippen molar-refractivity contribution in [1.29, 1.82) is 0 Å². The first-order valence-corrected chi connectivity index (χ1v) is 7.56. The number of aromatic nitrogens is 2. The van der Waals surface area contributed by atoms with Crippen LogP contribution in [0.3, 0.4) is 0 Å². The molecule has 23 heavy (non-hydrogen) atoms. The van der Waals surface area contributed by atoms with E-state index in [2.05, 4.69) is 17.0 Å². The summed E-state index contributed by atoms with van der Waals surface area (Å²) in [6.45, 7) is 4.54. The average molecular weight is 326 g/mol. The van der Waals surface area contributed by atoms with Crippen LogP contribution in [-0.4, -0.2) is 9.78 Å². The van der Waals surface area contributed by atoms with Crippen LogP contribution in [0.15, 0.2) is 59.4 Å². The Kier molecular flexibility index (Phi) is 4.35. The maximum Gasteiger partial charge on any atom is 0.280 e. The third kappa shape index (κ3) is 3.38. The largest absolute Gasteiger partial charge is 0.386 e. The van der Waals surface area contributed by atoms with Crippen LogP contribution in [0.1, 0.15) is 5.56 Å². The zero-order valence-corrected chi connectivity index (χ0v) is 13.2. The van der Waals surface area contributed by atoms with Crippen molar-refractivity contribution in [1.82, 2.24) is 15.1 Å². The van der Waals surface area contributed by atoms with Gasteiger partial charge >= 0.3 is 0 Å². The van der Waals surface area contributed by atoms with Crippen molar-refractivity contribution in [3.63, 3.8) is 0 Å². The lowest BCUT2D eigenvalue weighted by atomic mass is 10.2. The molecule has 2 aromatic carbocycles. The molecular formula is C18H16ClN3O. The van der Waals surface area contributed by atoms with Crippen molar-refractivity contribution in [2.24, 2.45) is 0 Å². The molecule has 0 aliphatic heterocycles. The molecule has 0 fully saturated rings. The smallest absolute Gasteiger partial charge is 0.280 e. The van der Waals surface area contributed by atoms with E-state index < -0.39 is 0 Å². The predicted molar refractivity (Wildman–Crippen MR) is 93.9 cm³/mol. The minimum absolute atomic E-state index is 0.169. The summed E-state index contributed by atoms with van der Waals surface area (Å²) in [5.41, 5.74) is 1.65. The molecule has 0 unspecified atom stereocenters. The van der Waals surface area contributed by atoms with E-state index >= 15 is 0 Å². The third-order valence-corrected chi connectivity index (χ3v) is 3.70. The Balaban J connectivity index is 1.91. The van der Waals surface area contributed by atoms with Gasteiger partial charge in [-0.1, -0.05) is 54.6 Å². The van der Waals surface area contributed by atoms with Crippen molar-refractivity contribution >= 4 is 24.4 Å². The standard InChI is InChI=1S/C18H16ClN3O/c1-13-17(12-20-11-14-6-3-2-4-7-14)18(23)22(21-13)16-9-5-8-15(19)10-16/h2-10,12,20-21H,1,11H2. The summed E-state index contributed by atoms with van der Waals surface area (Å²) in [7, 11) is 0. The van der Waals surface area contributed by atoms with Gasteiger partial charge in [-0.25, -0.2) is 4.68 Å². The van der Waals surface area contributed by atoms with Crippen LogP contribution in [0.2, 0.25) is 5.02 Å². The average Bonchev–Trinajstić information content (AvgIpc) is 2.84. The number of rotatable bonds is 4. The summed E-state index contributed by atoms with van der Waals surface area (Å²) >= 11 is 5.98. The predicted octanol–water partition coefficient (Wildman–Crippen LogP) is 1.76. The number of hydrogen-bond acceptors (Lipinski definition) is 2. The van der Waals surface area contributed by atoms with E-state index in [1.54, 1.807) is 24.4 Å². The Labute approximate surface area is 138 Å². The molecular weight excluding hydrogens is 310 g/mol. The zero-order valence-electron chi connectivity index (χ0n) is 12.4. The Bertz CT molecular complexity index is 973. The quantitative estimate of drug-likeness (QED) is 0.768. The molecule has 0 amide bonds. The Morgan fingerprint density at radius 2 is 1.96 bits per heavy atom. The molecule has 0 aliphatic rings. The summed E-state index contributed by atoms with van der Waals surface area (Å²) in [5.74, 6) is 0.